The second-order valence-electron chi connectivity index (χ2n) is 8.70. The zero-order chi connectivity index (χ0) is 26.0. The normalized spacial score (nSPS) is 16.6. The van der Waals surface area contributed by atoms with E-state index in [1.807, 2.05) is 55.5 Å². The summed E-state index contributed by atoms with van der Waals surface area (Å²) in [6, 6.07) is 18.6. The van der Waals surface area contributed by atoms with Crippen molar-refractivity contribution in [1.82, 2.24) is 9.29 Å². The van der Waals surface area contributed by atoms with E-state index in [9.17, 15) is 13.2 Å². The molecule has 0 aliphatic carbocycles. The van der Waals surface area contributed by atoms with E-state index in [4.69, 9.17) is 21.3 Å². The molecule has 1 unspecified atom stereocenters. The summed E-state index contributed by atoms with van der Waals surface area (Å²) >= 11 is 8.46. The number of anilines is 1. The minimum Gasteiger partial charge on any atom is -0.492 e. The van der Waals surface area contributed by atoms with Crippen LogP contribution in [0.2, 0.25) is 4.34 Å². The Morgan fingerprint density at radius 3 is 2.68 bits per heavy atom. The van der Waals surface area contributed by atoms with Crippen LogP contribution in [0.1, 0.15) is 25.3 Å². The second-order valence-corrected chi connectivity index (χ2v) is 13.6. The molecule has 1 fully saturated rings. The Kier molecular flexibility index (Phi) is 7.83. The van der Waals surface area contributed by atoms with Gasteiger partial charge in [-0.15, -0.1) is 11.3 Å². The molecule has 5 rings (SSSR count). The number of amides is 1. The van der Waals surface area contributed by atoms with Gasteiger partial charge in [0.05, 0.1) is 28.1 Å². The van der Waals surface area contributed by atoms with Gasteiger partial charge in [-0.25, -0.2) is 13.4 Å². The Balaban J connectivity index is 1.47. The van der Waals surface area contributed by atoms with Gasteiger partial charge in [0.25, 0.3) is 10.0 Å². The fraction of sp³-hybridized carbons (Fsp3) is 0.308. The molecule has 0 bridgehead atoms. The number of sulfonamides is 1. The minimum absolute atomic E-state index is 0.122. The molecule has 1 aliphatic rings. The lowest BCUT2D eigenvalue weighted by atomic mass is 9.98. The van der Waals surface area contributed by atoms with Gasteiger partial charge in [0.2, 0.25) is 5.91 Å². The predicted molar refractivity (Wildman–Crippen MR) is 149 cm³/mol. The molecular formula is C26H26ClN3O4S3. The summed E-state index contributed by atoms with van der Waals surface area (Å²) in [6.45, 7) is 3.27. The maximum atomic E-state index is 14.0. The van der Waals surface area contributed by atoms with E-state index in [-0.39, 0.29) is 16.7 Å². The summed E-state index contributed by atoms with van der Waals surface area (Å²) < 4.78 is 35.2. The lowest BCUT2D eigenvalue weighted by Gasteiger charge is -2.33. The third-order valence-corrected chi connectivity index (χ3v) is 10.8. The van der Waals surface area contributed by atoms with Crippen LogP contribution >= 0.6 is 34.3 Å². The third-order valence-electron chi connectivity index (χ3n) is 6.23. The molecule has 0 radical (unpaired) electrons. The van der Waals surface area contributed by atoms with Crippen molar-refractivity contribution >= 4 is 65.6 Å². The minimum atomic E-state index is -3.72. The quantitative estimate of drug-likeness (QED) is 0.256. The van der Waals surface area contributed by atoms with Gasteiger partial charge in [-0.2, -0.15) is 4.31 Å². The zero-order valence-corrected chi connectivity index (χ0v) is 23.4. The molecule has 37 heavy (non-hydrogen) atoms. The fourth-order valence-corrected chi connectivity index (χ4v) is 8.60. The van der Waals surface area contributed by atoms with Crippen LogP contribution in [0.25, 0.3) is 10.2 Å². The van der Waals surface area contributed by atoms with Gasteiger partial charge in [-0.1, -0.05) is 59.3 Å². The summed E-state index contributed by atoms with van der Waals surface area (Å²) in [6.07, 6.45) is 1.21. The summed E-state index contributed by atoms with van der Waals surface area (Å²) in [5.74, 6) is 0.0604. The summed E-state index contributed by atoms with van der Waals surface area (Å²) in [7, 11) is -3.72. The largest absolute Gasteiger partial charge is 0.492 e. The van der Waals surface area contributed by atoms with Gasteiger partial charge in [0, 0.05) is 13.1 Å². The molecule has 11 heteroatoms. The van der Waals surface area contributed by atoms with Gasteiger partial charge < -0.3 is 4.74 Å². The number of ether oxygens (including phenoxy) is 1. The average Bonchev–Trinajstić information content (AvgIpc) is 3.55. The van der Waals surface area contributed by atoms with Crippen molar-refractivity contribution in [2.24, 2.45) is 5.92 Å². The van der Waals surface area contributed by atoms with Crippen LogP contribution in [-0.2, 0) is 21.4 Å². The molecule has 3 heterocycles. The molecule has 194 valence electrons. The Bertz CT molecular complexity index is 1500. The number of hydrogen-bond acceptors (Lipinski definition) is 7. The van der Waals surface area contributed by atoms with E-state index in [2.05, 4.69) is 0 Å². The highest BCUT2D eigenvalue weighted by molar-refractivity contribution is 7.91. The number of benzene rings is 2. The van der Waals surface area contributed by atoms with E-state index < -0.39 is 15.9 Å². The molecule has 7 nitrogen and oxygen atoms in total. The van der Waals surface area contributed by atoms with Gasteiger partial charge in [-0.3, -0.25) is 9.69 Å². The monoisotopic (exact) mass is 575 g/mol. The van der Waals surface area contributed by atoms with Crippen LogP contribution in [0.4, 0.5) is 5.13 Å². The first kappa shape index (κ1) is 26.1. The number of carbonyl (C=O) groups is 1. The molecule has 2 aromatic carbocycles. The van der Waals surface area contributed by atoms with Gasteiger partial charge >= 0.3 is 0 Å². The third kappa shape index (κ3) is 5.53. The average molecular weight is 576 g/mol. The Morgan fingerprint density at radius 2 is 1.95 bits per heavy atom. The molecule has 1 saturated heterocycles. The lowest BCUT2D eigenvalue weighted by Crippen LogP contribution is -2.46. The smallest absolute Gasteiger partial charge is 0.252 e. The first-order chi connectivity index (χ1) is 17.9. The number of halogens is 1. The van der Waals surface area contributed by atoms with Crippen LogP contribution in [-0.4, -0.2) is 43.3 Å². The standard InChI is InChI=1S/C26H26ClN3O4S3/c1-2-34-20-11-6-12-21-24(20)28-26(35-21)30(16-18-8-4-3-5-9-18)25(31)19-10-7-15-29(17-19)37(32,33)23-14-13-22(27)36-23/h3-6,8-9,11-14,19H,2,7,10,15-17H2,1H3. The number of thiazole rings is 1. The molecular weight excluding hydrogens is 550 g/mol. The predicted octanol–water partition coefficient (Wildman–Crippen LogP) is 6.04. The van der Waals surface area contributed by atoms with Gasteiger partial charge in [-0.05, 0) is 49.6 Å². The Morgan fingerprint density at radius 1 is 1.14 bits per heavy atom. The van der Waals surface area contributed by atoms with Crippen molar-refractivity contribution in [3.63, 3.8) is 0 Å². The molecule has 1 atom stereocenters. The summed E-state index contributed by atoms with van der Waals surface area (Å²) in [5, 5.41) is 0.570. The second kappa shape index (κ2) is 11.1. The van der Waals surface area contributed by atoms with Gasteiger partial charge in [0.1, 0.15) is 15.5 Å². The van der Waals surface area contributed by atoms with Crippen molar-refractivity contribution in [1.29, 1.82) is 0 Å². The van der Waals surface area contributed by atoms with Crippen molar-refractivity contribution in [2.75, 3.05) is 24.6 Å². The van der Waals surface area contributed by atoms with E-state index >= 15 is 0 Å². The number of fused-ring (bicyclic) bond motifs is 1. The van der Waals surface area contributed by atoms with E-state index in [1.165, 1.54) is 21.7 Å². The number of rotatable bonds is 8. The van der Waals surface area contributed by atoms with Crippen molar-refractivity contribution in [3.05, 3.63) is 70.6 Å². The van der Waals surface area contributed by atoms with Crippen LogP contribution < -0.4 is 9.64 Å². The maximum Gasteiger partial charge on any atom is 0.252 e. The topological polar surface area (TPSA) is 79.8 Å². The molecule has 0 spiro atoms. The fourth-order valence-electron chi connectivity index (χ4n) is 4.45. The van der Waals surface area contributed by atoms with Crippen molar-refractivity contribution in [3.8, 4) is 5.75 Å². The summed E-state index contributed by atoms with van der Waals surface area (Å²) in [4.78, 5) is 20.5. The molecule has 2 aromatic heterocycles. The highest BCUT2D eigenvalue weighted by atomic mass is 35.5. The number of para-hydroxylation sites is 1. The molecule has 0 saturated carbocycles. The number of hydrogen-bond donors (Lipinski definition) is 0. The molecule has 1 amide bonds. The van der Waals surface area contributed by atoms with E-state index in [0.717, 1.165) is 27.1 Å². The van der Waals surface area contributed by atoms with Crippen LogP contribution in [0.5, 0.6) is 5.75 Å². The first-order valence-corrected chi connectivity index (χ1v) is 15.4. The van der Waals surface area contributed by atoms with Gasteiger partial charge in [0.15, 0.2) is 5.13 Å². The molecule has 1 aliphatic heterocycles. The number of thiophene rings is 1. The van der Waals surface area contributed by atoms with Crippen LogP contribution in [0.15, 0.2) is 64.9 Å². The van der Waals surface area contributed by atoms with Crippen molar-refractivity contribution in [2.45, 2.75) is 30.5 Å². The lowest BCUT2D eigenvalue weighted by molar-refractivity contribution is -0.123. The highest BCUT2D eigenvalue weighted by Gasteiger charge is 2.37. The zero-order valence-electron chi connectivity index (χ0n) is 20.2. The van der Waals surface area contributed by atoms with E-state index in [0.29, 0.717) is 47.8 Å². The van der Waals surface area contributed by atoms with Crippen molar-refractivity contribution < 1.29 is 17.9 Å². The maximum absolute atomic E-state index is 14.0. The number of nitrogens with zero attached hydrogens (tertiary/aromatic N) is 3. The highest BCUT2D eigenvalue weighted by Crippen LogP contribution is 2.37. The first-order valence-electron chi connectivity index (χ1n) is 12.0. The number of aromatic nitrogens is 1. The molecule has 0 N–H and O–H groups in total. The van der Waals surface area contributed by atoms with E-state index in [1.54, 1.807) is 11.0 Å². The molecule has 4 aromatic rings. The Hall–Kier alpha value is -2.50. The SMILES string of the molecule is CCOc1cccc2sc(N(Cc3ccccc3)C(=O)C3CCCN(S(=O)(=O)c4ccc(Cl)s4)C3)nc12. The number of carbonyl (C=O) groups excluding carboxylic acids is 1. The van der Waals surface area contributed by atoms with Crippen LogP contribution in [0, 0.1) is 5.92 Å². The van der Waals surface area contributed by atoms with Crippen LogP contribution in [0.3, 0.4) is 0 Å². The summed E-state index contributed by atoms with van der Waals surface area (Å²) in [5.41, 5.74) is 1.69. The Labute approximate surface area is 229 Å². The number of piperidine rings is 1.